The van der Waals surface area contributed by atoms with Crippen LogP contribution < -0.4 is 18.9 Å². The van der Waals surface area contributed by atoms with Crippen LogP contribution in [0.1, 0.15) is 150 Å². The SMILES string of the molecule is CC(C)(C)c1cc2c3c(c1)Cc1cc(C(C)(C)C)cc(c1OCC(=O)O)Cc1cc(C(C)(C)C)cc(c1OCC(=O)O)Cc1cc(C(C)(C)C)cc(c1OCCOCCOCCOCCOCCO3)C2. The lowest BCUT2D eigenvalue weighted by Crippen LogP contribution is -2.19. The molecule has 0 radical (unpaired) electrons. The molecule has 12 nitrogen and oxygen atoms in total. The highest BCUT2D eigenvalue weighted by Crippen LogP contribution is 2.44. The summed E-state index contributed by atoms with van der Waals surface area (Å²) in [6.45, 7) is 28.7. The van der Waals surface area contributed by atoms with Gasteiger partial charge < -0.3 is 48.1 Å². The Labute approximate surface area is 416 Å². The van der Waals surface area contributed by atoms with Gasteiger partial charge in [0.15, 0.2) is 13.2 Å². The fraction of sp³-hybridized carbons (Fsp3) is 0.552. The molecule has 4 aromatic rings. The zero-order chi connectivity index (χ0) is 51.0. The summed E-state index contributed by atoms with van der Waals surface area (Å²) in [5.41, 5.74) is 9.97. The first-order chi connectivity index (χ1) is 32.9. The molecule has 0 spiro atoms. The number of rotatable bonds is 6. The topological polar surface area (TPSA) is 148 Å². The molecule has 70 heavy (non-hydrogen) atoms. The second kappa shape index (κ2) is 22.9. The summed E-state index contributed by atoms with van der Waals surface area (Å²) in [4.78, 5) is 24.8. The van der Waals surface area contributed by atoms with E-state index in [-0.39, 0.29) is 41.3 Å². The van der Waals surface area contributed by atoms with E-state index in [1.165, 1.54) is 0 Å². The van der Waals surface area contributed by atoms with Gasteiger partial charge in [0, 0.05) is 25.7 Å². The monoisotopic (exact) mass is 967 g/mol. The lowest BCUT2D eigenvalue weighted by molar-refractivity contribution is -0.140. The molecule has 2 aliphatic rings. The number of carboxylic acid groups (broad SMARTS) is 2. The smallest absolute Gasteiger partial charge is 0.341 e. The molecule has 0 saturated heterocycles. The molecule has 12 heteroatoms. The molecule has 0 aromatic heterocycles. The van der Waals surface area contributed by atoms with Crippen molar-refractivity contribution in [2.24, 2.45) is 0 Å². The molecule has 1 aliphatic carbocycles. The molecule has 1 heterocycles. The van der Waals surface area contributed by atoms with Gasteiger partial charge in [-0.3, -0.25) is 0 Å². The van der Waals surface area contributed by atoms with Gasteiger partial charge in [0.1, 0.15) is 36.2 Å². The first-order valence-corrected chi connectivity index (χ1v) is 24.8. The first kappa shape index (κ1) is 54.2. The van der Waals surface area contributed by atoms with Crippen LogP contribution in [0.5, 0.6) is 23.0 Å². The zero-order valence-electron chi connectivity index (χ0n) is 43.9. The highest BCUT2D eigenvalue weighted by atomic mass is 16.6. The van der Waals surface area contributed by atoms with Gasteiger partial charge in [0.2, 0.25) is 0 Å². The second-order valence-corrected chi connectivity index (χ2v) is 22.7. The van der Waals surface area contributed by atoms with Gasteiger partial charge in [0.05, 0.1) is 52.9 Å². The minimum atomic E-state index is -1.10. The van der Waals surface area contributed by atoms with E-state index in [1.54, 1.807) is 0 Å². The van der Waals surface area contributed by atoms with Crippen LogP contribution in [-0.4, -0.2) is 101 Å². The average Bonchev–Trinajstić information content (AvgIpc) is 3.24. The van der Waals surface area contributed by atoms with Crippen LogP contribution in [0.25, 0.3) is 0 Å². The lowest BCUT2D eigenvalue weighted by Gasteiger charge is -2.29. The molecule has 4 aromatic carbocycles. The van der Waals surface area contributed by atoms with Crippen molar-refractivity contribution in [3.05, 3.63) is 115 Å². The standard InChI is InChI=1S/C58H78O12/c1-55(2,3)45-27-37-23-38-28-46(56(4,5)6)30-40-25-42-32-48(58(10,11)12)34-44(54(42)70-36-50(61)62)26-43-33-47(57(7,8)9)31-41(53(43)69-35-49(59)60)24-39(29-45)51(37)67-21-19-65-17-15-63-13-14-64-16-18-66-20-22-68-52(38)40/h27-34H,13-26,35-36H2,1-12H3,(H,59,60)(H,61,62). The number of benzene rings is 4. The third kappa shape index (κ3) is 14.7. The summed E-state index contributed by atoms with van der Waals surface area (Å²) < 4.78 is 50.3. The quantitative estimate of drug-likeness (QED) is 0.167. The molecule has 0 unspecified atom stereocenters. The molecule has 6 rings (SSSR count). The van der Waals surface area contributed by atoms with E-state index >= 15 is 0 Å². The number of hydrogen-bond donors (Lipinski definition) is 2. The normalized spacial score (nSPS) is 16.1. The Hall–Kier alpha value is -5.14. The number of carbonyl (C=O) groups is 2. The molecule has 382 valence electrons. The predicted molar refractivity (Wildman–Crippen MR) is 272 cm³/mol. The Morgan fingerprint density at radius 2 is 0.600 bits per heavy atom. The molecule has 2 N–H and O–H groups in total. The van der Waals surface area contributed by atoms with Gasteiger partial charge in [-0.2, -0.15) is 0 Å². The van der Waals surface area contributed by atoms with Gasteiger partial charge in [-0.05, 0) is 88.4 Å². The maximum absolute atomic E-state index is 12.4. The van der Waals surface area contributed by atoms with Crippen molar-refractivity contribution in [3.8, 4) is 23.0 Å². The number of aliphatic carboxylic acids is 2. The van der Waals surface area contributed by atoms with Gasteiger partial charge in [-0.15, -0.1) is 0 Å². The Balaban J connectivity index is 1.75. The summed E-state index contributed by atoms with van der Waals surface area (Å²) >= 11 is 0. The predicted octanol–water partition coefficient (Wildman–Crippen LogP) is 10.3. The second-order valence-electron chi connectivity index (χ2n) is 22.7. The molecule has 0 atom stereocenters. The van der Waals surface area contributed by atoms with Crippen LogP contribution in [0.4, 0.5) is 0 Å². The third-order valence-corrected chi connectivity index (χ3v) is 12.7. The number of fused-ring (bicyclic) bond motifs is 4. The highest BCUT2D eigenvalue weighted by molar-refractivity contribution is 5.70. The third-order valence-electron chi connectivity index (χ3n) is 12.7. The maximum atomic E-state index is 12.4. The van der Waals surface area contributed by atoms with Crippen molar-refractivity contribution in [1.82, 2.24) is 0 Å². The molecular formula is C58H78O12. The number of ether oxygens (including phenoxy) is 8. The Morgan fingerprint density at radius 1 is 0.386 bits per heavy atom. The Kier molecular flexibility index (Phi) is 17.8. The van der Waals surface area contributed by atoms with E-state index in [1.807, 2.05) is 0 Å². The van der Waals surface area contributed by atoms with E-state index in [0.29, 0.717) is 83.6 Å². The van der Waals surface area contributed by atoms with E-state index < -0.39 is 25.2 Å². The van der Waals surface area contributed by atoms with E-state index in [9.17, 15) is 19.8 Å². The number of carboxylic acids is 2. The largest absolute Gasteiger partial charge is 0.491 e. The molecule has 0 amide bonds. The minimum absolute atomic E-state index is 0.257. The molecular weight excluding hydrogens is 889 g/mol. The van der Waals surface area contributed by atoms with Crippen LogP contribution in [-0.2, 0) is 75.9 Å². The van der Waals surface area contributed by atoms with Crippen LogP contribution in [0.2, 0.25) is 0 Å². The molecule has 0 fully saturated rings. The van der Waals surface area contributed by atoms with Gasteiger partial charge in [-0.1, -0.05) is 132 Å². The van der Waals surface area contributed by atoms with E-state index in [0.717, 1.165) is 78.3 Å². The van der Waals surface area contributed by atoms with Crippen LogP contribution in [0, 0.1) is 0 Å². The first-order valence-electron chi connectivity index (χ1n) is 24.8. The van der Waals surface area contributed by atoms with Crippen LogP contribution >= 0.6 is 0 Å². The van der Waals surface area contributed by atoms with Crippen molar-refractivity contribution in [2.75, 3.05) is 79.3 Å². The van der Waals surface area contributed by atoms with Crippen LogP contribution in [0.3, 0.4) is 0 Å². The van der Waals surface area contributed by atoms with Gasteiger partial charge >= 0.3 is 11.9 Å². The minimum Gasteiger partial charge on any atom is -0.491 e. The number of hydrogen-bond acceptors (Lipinski definition) is 10. The molecule has 1 aliphatic heterocycles. The molecule has 0 saturated carbocycles. The Morgan fingerprint density at radius 3 is 0.843 bits per heavy atom. The van der Waals surface area contributed by atoms with Crippen LogP contribution in [0.15, 0.2) is 48.5 Å². The van der Waals surface area contributed by atoms with E-state index in [4.69, 9.17) is 37.9 Å². The zero-order valence-corrected chi connectivity index (χ0v) is 43.9. The van der Waals surface area contributed by atoms with Crippen molar-refractivity contribution in [3.63, 3.8) is 0 Å². The molecule has 10 bridgehead atoms. The van der Waals surface area contributed by atoms with Gasteiger partial charge in [-0.25, -0.2) is 9.59 Å². The summed E-state index contributed by atoms with van der Waals surface area (Å²) in [5, 5.41) is 20.3. The average molecular weight is 967 g/mol. The summed E-state index contributed by atoms with van der Waals surface area (Å²) in [6, 6.07) is 17.4. The van der Waals surface area contributed by atoms with Crippen molar-refractivity contribution < 1.29 is 57.7 Å². The van der Waals surface area contributed by atoms with Crippen molar-refractivity contribution in [1.29, 1.82) is 0 Å². The maximum Gasteiger partial charge on any atom is 0.341 e. The fourth-order valence-corrected chi connectivity index (χ4v) is 8.80. The summed E-state index contributed by atoms with van der Waals surface area (Å²) in [7, 11) is 0. The summed E-state index contributed by atoms with van der Waals surface area (Å²) in [5.74, 6) is 0.147. The van der Waals surface area contributed by atoms with Crippen molar-refractivity contribution in [2.45, 2.75) is 130 Å². The van der Waals surface area contributed by atoms with Crippen molar-refractivity contribution >= 4 is 11.9 Å². The fourth-order valence-electron chi connectivity index (χ4n) is 8.80. The van der Waals surface area contributed by atoms with E-state index in [2.05, 4.69) is 132 Å². The Bertz CT molecular complexity index is 2290. The highest BCUT2D eigenvalue weighted by Gasteiger charge is 2.30. The van der Waals surface area contributed by atoms with Gasteiger partial charge in [0.25, 0.3) is 0 Å². The lowest BCUT2D eigenvalue weighted by atomic mass is 9.79. The summed E-state index contributed by atoms with van der Waals surface area (Å²) in [6.07, 6.45) is 1.39.